The minimum atomic E-state index is -0.351. The first-order valence-electron chi connectivity index (χ1n) is 7.19. The smallest absolute Gasteiger partial charge is 0.245 e. The lowest BCUT2D eigenvalue weighted by Gasteiger charge is -2.32. The zero-order valence-electron chi connectivity index (χ0n) is 12.0. The van der Waals surface area contributed by atoms with E-state index in [1.54, 1.807) is 4.90 Å². The molecule has 108 valence electrons. The number of carbonyl (C=O) groups is 2. The second-order valence-electron chi connectivity index (χ2n) is 5.62. The number of aromatic amines is 1. The fourth-order valence-electron chi connectivity index (χ4n) is 3.10. The van der Waals surface area contributed by atoms with Crippen LogP contribution in [-0.2, 0) is 22.6 Å². The molecule has 2 aliphatic rings. The minimum absolute atomic E-state index is 0.0400. The molecule has 3 heterocycles. The summed E-state index contributed by atoms with van der Waals surface area (Å²) in [6.07, 6.45) is 2.22. The van der Waals surface area contributed by atoms with Crippen LogP contribution in [-0.4, -0.2) is 50.7 Å². The summed E-state index contributed by atoms with van der Waals surface area (Å²) < 4.78 is 0. The van der Waals surface area contributed by atoms with Crippen LogP contribution in [0.15, 0.2) is 0 Å². The average Bonchev–Trinajstić information content (AvgIpc) is 3.00. The van der Waals surface area contributed by atoms with Crippen LogP contribution in [0.3, 0.4) is 0 Å². The van der Waals surface area contributed by atoms with Crippen molar-refractivity contribution in [3.05, 3.63) is 17.2 Å². The highest BCUT2D eigenvalue weighted by Gasteiger charge is 2.33. The normalized spacial score (nSPS) is 20.2. The number of H-pyrrole nitrogens is 1. The van der Waals surface area contributed by atoms with E-state index < -0.39 is 0 Å². The van der Waals surface area contributed by atoms with Gasteiger partial charge in [-0.25, -0.2) is 4.98 Å². The van der Waals surface area contributed by atoms with E-state index in [4.69, 9.17) is 0 Å². The van der Waals surface area contributed by atoms with Crippen LogP contribution in [0.1, 0.15) is 37.0 Å². The Hall–Kier alpha value is -1.85. The predicted molar refractivity (Wildman–Crippen MR) is 72.9 cm³/mol. The lowest BCUT2D eigenvalue weighted by molar-refractivity contribution is -0.143. The third-order valence-corrected chi connectivity index (χ3v) is 4.20. The first-order valence-corrected chi connectivity index (χ1v) is 7.19. The Morgan fingerprint density at radius 1 is 1.35 bits per heavy atom. The molecule has 0 radical (unpaired) electrons. The van der Waals surface area contributed by atoms with E-state index in [0.717, 1.165) is 30.1 Å². The Balaban J connectivity index is 1.70. The number of nitrogens with zero attached hydrogens (tertiary/aromatic N) is 3. The molecule has 1 aromatic rings. The van der Waals surface area contributed by atoms with Gasteiger partial charge in [-0.2, -0.15) is 0 Å². The maximum Gasteiger partial charge on any atom is 0.245 e. The maximum absolute atomic E-state index is 12.5. The highest BCUT2D eigenvalue weighted by atomic mass is 16.2. The average molecular weight is 276 g/mol. The molecule has 0 aliphatic carbocycles. The van der Waals surface area contributed by atoms with Crippen LogP contribution < -0.4 is 0 Å². The Kier molecular flexibility index (Phi) is 3.23. The molecule has 0 saturated carbocycles. The third kappa shape index (κ3) is 2.19. The van der Waals surface area contributed by atoms with E-state index in [9.17, 15) is 9.59 Å². The van der Waals surface area contributed by atoms with Crippen LogP contribution in [0.2, 0.25) is 0 Å². The Morgan fingerprint density at radius 2 is 2.15 bits per heavy atom. The minimum Gasteiger partial charge on any atom is -0.344 e. The van der Waals surface area contributed by atoms with Gasteiger partial charge in [0.1, 0.15) is 11.9 Å². The van der Waals surface area contributed by atoms with E-state index in [0.29, 0.717) is 26.1 Å². The highest BCUT2D eigenvalue weighted by molar-refractivity contribution is 5.88. The molecule has 2 amide bonds. The molecular formula is C14H20N4O2. The number of aromatic nitrogens is 2. The summed E-state index contributed by atoms with van der Waals surface area (Å²) >= 11 is 0. The number of nitrogens with one attached hydrogen (secondary N) is 1. The molecule has 0 unspecified atom stereocenters. The van der Waals surface area contributed by atoms with Crippen molar-refractivity contribution in [1.29, 1.82) is 0 Å². The van der Waals surface area contributed by atoms with Crippen LogP contribution in [0.25, 0.3) is 0 Å². The highest BCUT2D eigenvalue weighted by Crippen LogP contribution is 2.20. The molecule has 1 aromatic heterocycles. The first kappa shape index (κ1) is 13.1. The number of rotatable bonds is 2. The van der Waals surface area contributed by atoms with Crippen molar-refractivity contribution in [2.24, 2.45) is 0 Å². The summed E-state index contributed by atoms with van der Waals surface area (Å²) in [5.74, 6) is 1.03. The number of imidazole rings is 1. The number of hydrogen-bond donors (Lipinski definition) is 1. The third-order valence-electron chi connectivity index (χ3n) is 4.20. The van der Waals surface area contributed by atoms with Gasteiger partial charge in [-0.05, 0) is 20.3 Å². The largest absolute Gasteiger partial charge is 0.344 e. The Morgan fingerprint density at radius 3 is 2.85 bits per heavy atom. The van der Waals surface area contributed by atoms with Crippen LogP contribution in [0.4, 0.5) is 0 Å². The summed E-state index contributed by atoms with van der Waals surface area (Å²) in [4.78, 5) is 35.5. The number of likely N-dealkylation sites (tertiary alicyclic amines) is 1. The second kappa shape index (κ2) is 4.92. The molecule has 2 aliphatic heterocycles. The van der Waals surface area contributed by atoms with Gasteiger partial charge in [-0.15, -0.1) is 0 Å². The lowest BCUT2D eigenvalue weighted by atomic mass is 10.1. The predicted octanol–water partition coefficient (Wildman–Crippen LogP) is 0.614. The quantitative estimate of drug-likeness (QED) is 0.860. The fraction of sp³-hybridized carbons (Fsp3) is 0.643. The molecular weight excluding hydrogens is 256 g/mol. The zero-order chi connectivity index (χ0) is 14.3. The molecule has 1 fully saturated rings. The van der Waals surface area contributed by atoms with Gasteiger partial charge in [0.05, 0.1) is 17.9 Å². The number of aryl methyl sites for hydroxylation is 1. The molecule has 3 rings (SSSR count). The second-order valence-corrected chi connectivity index (χ2v) is 5.62. The van der Waals surface area contributed by atoms with Crippen LogP contribution in [0.5, 0.6) is 0 Å². The number of hydrogen-bond acceptors (Lipinski definition) is 3. The van der Waals surface area contributed by atoms with Crippen LogP contribution in [0, 0.1) is 6.92 Å². The Bertz CT molecular complexity index is 551. The van der Waals surface area contributed by atoms with Crippen molar-refractivity contribution in [2.75, 3.05) is 13.1 Å². The Labute approximate surface area is 118 Å². The van der Waals surface area contributed by atoms with Crippen molar-refractivity contribution in [2.45, 2.75) is 45.7 Å². The molecule has 1 saturated heterocycles. The van der Waals surface area contributed by atoms with Crippen molar-refractivity contribution in [3.63, 3.8) is 0 Å². The SMILES string of the molecule is Cc1nc2c([nH]1)CN(C(=O)[C@H](C)N1CCCC1=O)CC2. The summed E-state index contributed by atoms with van der Waals surface area (Å²) in [5.41, 5.74) is 2.10. The van der Waals surface area contributed by atoms with Gasteiger partial charge in [0.15, 0.2) is 0 Å². The molecule has 20 heavy (non-hydrogen) atoms. The van der Waals surface area contributed by atoms with E-state index in [1.165, 1.54) is 0 Å². The van der Waals surface area contributed by atoms with Gasteiger partial charge >= 0.3 is 0 Å². The summed E-state index contributed by atoms with van der Waals surface area (Å²) in [6.45, 7) is 5.72. The van der Waals surface area contributed by atoms with Gasteiger partial charge in [-0.1, -0.05) is 0 Å². The van der Waals surface area contributed by atoms with Crippen molar-refractivity contribution >= 4 is 11.8 Å². The van der Waals surface area contributed by atoms with E-state index >= 15 is 0 Å². The van der Waals surface area contributed by atoms with Crippen LogP contribution >= 0.6 is 0 Å². The number of fused-ring (bicyclic) bond motifs is 1. The van der Waals surface area contributed by atoms with Gasteiger partial charge in [0.2, 0.25) is 11.8 Å². The standard InChI is InChI=1S/C14H20N4O2/c1-9(18-6-3-4-13(18)19)14(20)17-7-5-11-12(8-17)16-10(2)15-11/h9H,3-8H2,1-2H3,(H,15,16)/t9-/m0/s1. The van der Waals surface area contributed by atoms with Gasteiger partial charge < -0.3 is 14.8 Å². The van der Waals surface area contributed by atoms with E-state index in [1.807, 2.05) is 18.7 Å². The van der Waals surface area contributed by atoms with Gasteiger partial charge in [0.25, 0.3) is 0 Å². The van der Waals surface area contributed by atoms with Gasteiger partial charge in [-0.3, -0.25) is 9.59 Å². The van der Waals surface area contributed by atoms with E-state index in [-0.39, 0.29) is 17.9 Å². The lowest BCUT2D eigenvalue weighted by Crippen LogP contribution is -2.49. The first-order chi connectivity index (χ1) is 9.56. The topological polar surface area (TPSA) is 69.3 Å². The number of amides is 2. The molecule has 1 N–H and O–H groups in total. The summed E-state index contributed by atoms with van der Waals surface area (Å²) in [5, 5.41) is 0. The van der Waals surface area contributed by atoms with Crippen molar-refractivity contribution in [3.8, 4) is 0 Å². The maximum atomic E-state index is 12.5. The van der Waals surface area contributed by atoms with Gasteiger partial charge in [0, 0.05) is 25.9 Å². The monoisotopic (exact) mass is 276 g/mol. The molecule has 0 spiro atoms. The van der Waals surface area contributed by atoms with Crippen molar-refractivity contribution < 1.29 is 9.59 Å². The number of carbonyl (C=O) groups excluding carboxylic acids is 2. The summed E-state index contributed by atoms with van der Waals surface area (Å²) in [7, 11) is 0. The zero-order valence-corrected chi connectivity index (χ0v) is 12.0. The fourth-order valence-corrected chi connectivity index (χ4v) is 3.10. The molecule has 0 bridgehead atoms. The summed E-state index contributed by atoms with van der Waals surface area (Å²) in [6, 6.07) is -0.351. The van der Waals surface area contributed by atoms with E-state index in [2.05, 4.69) is 9.97 Å². The molecule has 1 atom stereocenters. The molecule has 0 aromatic carbocycles. The molecule has 6 heteroatoms. The molecule has 6 nitrogen and oxygen atoms in total. The van der Waals surface area contributed by atoms with Crippen molar-refractivity contribution in [1.82, 2.24) is 19.8 Å².